The fraction of sp³-hybridized carbons (Fsp3) is 0.552. The summed E-state index contributed by atoms with van der Waals surface area (Å²) in [6, 6.07) is 28.0. The van der Waals surface area contributed by atoms with Gasteiger partial charge in [-0.1, -0.05) is 236 Å². The number of aryl methyl sites for hydroxylation is 8. The van der Waals surface area contributed by atoms with Gasteiger partial charge < -0.3 is 9.15 Å². The van der Waals surface area contributed by atoms with Crippen molar-refractivity contribution in [3.8, 4) is 5.88 Å². The molecule has 0 spiro atoms. The Hall–Kier alpha value is -9.34. The normalized spacial score (nSPS) is 11.7. The van der Waals surface area contributed by atoms with Crippen LogP contribution in [0.25, 0.3) is 0 Å². The summed E-state index contributed by atoms with van der Waals surface area (Å²) in [5.74, 6) is 1.54. The molecule has 0 amide bonds. The summed E-state index contributed by atoms with van der Waals surface area (Å²) in [6.45, 7) is 93.5. The van der Waals surface area contributed by atoms with Crippen LogP contribution in [0, 0.1) is 54.3 Å². The van der Waals surface area contributed by atoms with Crippen LogP contribution in [0.2, 0.25) is 0 Å². The third kappa shape index (κ3) is 47.5. The number of thiazole rings is 2. The molecule has 21 heteroatoms. The van der Waals surface area contributed by atoms with Gasteiger partial charge >= 0.3 is 0 Å². The second kappa shape index (κ2) is 50.4. The van der Waals surface area contributed by atoms with Gasteiger partial charge in [0.1, 0.15) is 12.1 Å². The summed E-state index contributed by atoms with van der Waals surface area (Å²) < 4.78 is 28.5. The van der Waals surface area contributed by atoms with E-state index in [9.17, 15) is 4.39 Å². The molecular weight excluding hydrogens is 1600 g/mol. The average molecular weight is 1770 g/mol. The fourth-order valence-electron chi connectivity index (χ4n) is 10.00. The predicted octanol–water partition coefficient (Wildman–Crippen LogP) is 28.4. The SMILES string of the molecule is CC(C)(C)c1nccs1.CC(C)(C)n1cccn1.CC(C)(C)n1ccnn1.CC(C)Oc1ccc(C(C)(C)C)cn1.CC(C)c1ccc(F)cn1.Cc1ccc(C(C)(C)C)cn1.Cc1ccc(C(C)(C)C)cn1.Cc1ccc(C(C)(C)C)cn1.Cc1ccc(C(C)(C)C)nc1C.Cc1nc(C(C)(C)C)co1.Cc1nc(C(C)(C)C)cs1.Cn1nccc1C(C)(C)C. The molecule has 0 saturated heterocycles. The highest BCUT2D eigenvalue weighted by Gasteiger charge is 2.23. The maximum atomic E-state index is 12.3. The number of aromatic nitrogens is 16. The summed E-state index contributed by atoms with van der Waals surface area (Å²) in [4.78, 5) is 38.3. The summed E-state index contributed by atoms with van der Waals surface area (Å²) >= 11 is 3.44. The quantitative estimate of drug-likeness (QED) is 0.161. The van der Waals surface area contributed by atoms with Gasteiger partial charge in [0, 0.05) is 154 Å². The lowest BCUT2D eigenvalue weighted by Crippen LogP contribution is -2.22. The molecule has 0 aliphatic rings. The van der Waals surface area contributed by atoms with Gasteiger partial charge in [0.2, 0.25) is 5.88 Å². The number of rotatable bonds is 3. The molecule has 12 rings (SSSR count). The van der Waals surface area contributed by atoms with Crippen LogP contribution in [-0.2, 0) is 66.9 Å². The van der Waals surface area contributed by atoms with Gasteiger partial charge in [0.15, 0.2) is 5.89 Å². The Labute approximate surface area is 771 Å². The number of nitrogens with zero attached hydrogens (tertiary/aromatic N) is 16. The number of ether oxygens (including phenoxy) is 1. The van der Waals surface area contributed by atoms with Crippen LogP contribution in [0.5, 0.6) is 5.88 Å². The van der Waals surface area contributed by atoms with Crippen LogP contribution in [0.15, 0.2) is 175 Å². The van der Waals surface area contributed by atoms with E-state index in [4.69, 9.17) is 9.15 Å². The van der Waals surface area contributed by atoms with Gasteiger partial charge in [-0.15, -0.1) is 27.8 Å². The molecule has 126 heavy (non-hydrogen) atoms. The monoisotopic (exact) mass is 1770 g/mol. The Morgan fingerprint density at radius 3 is 1.10 bits per heavy atom. The molecule has 12 aromatic heterocycles. The highest BCUT2D eigenvalue weighted by Crippen LogP contribution is 2.29. The summed E-state index contributed by atoms with van der Waals surface area (Å²) in [5.41, 5.74) is 18.3. The van der Waals surface area contributed by atoms with E-state index in [-0.39, 0.29) is 71.7 Å². The molecule has 18 nitrogen and oxygen atoms in total. The van der Waals surface area contributed by atoms with Crippen molar-refractivity contribution in [1.82, 2.24) is 79.4 Å². The third-order valence-electron chi connectivity index (χ3n) is 18.5. The number of pyridine rings is 6. The van der Waals surface area contributed by atoms with Crippen LogP contribution in [-0.4, -0.2) is 85.5 Å². The first-order valence-corrected chi connectivity index (χ1v) is 45.7. The molecule has 696 valence electrons. The van der Waals surface area contributed by atoms with E-state index in [1.807, 2.05) is 150 Å². The minimum Gasteiger partial charge on any atom is -0.475 e. The van der Waals surface area contributed by atoms with Crippen molar-refractivity contribution in [2.24, 2.45) is 7.05 Å². The molecule has 12 heterocycles. The van der Waals surface area contributed by atoms with E-state index < -0.39 is 0 Å². The Morgan fingerprint density at radius 1 is 0.397 bits per heavy atom. The molecule has 0 radical (unpaired) electrons. The minimum atomic E-state index is -0.274. The largest absolute Gasteiger partial charge is 0.475 e. The summed E-state index contributed by atoms with van der Waals surface area (Å²) in [5, 5.41) is 22.3. The molecule has 0 N–H and O–H groups in total. The first-order valence-electron chi connectivity index (χ1n) is 43.9. The molecule has 0 aliphatic carbocycles. The van der Waals surface area contributed by atoms with Crippen LogP contribution in [0.3, 0.4) is 0 Å². The third-order valence-corrected chi connectivity index (χ3v) is 20.5. The number of hydrogen-bond acceptors (Lipinski definition) is 17. The van der Waals surface area contributed by atoms with E-state index in [1.54, 1.807) is 47.4 Å². The van der Waals surface area contributed by atoms with Crippen molar-refractivity contribution < 1.29 is 13.5 Å². The van der Waals surface area contributed by atoms with Crippen molar-refractivity contribution >= 4 is 22.7 Å². The number of hydrogen-bond donors (Lipinski definition) is 0. The average Bonchev–Trinajstić information content (AvgIpc) is 1.51. The molecule has 0 aromatic carbocycles. The second-order valence-corrected chi connectivity index (χ2v) is 45.3. The molecule has 0 bridgehead atoms. The number of halogens is 1. The number of oxazole rings is 1. The van der Waals surface area contributed by atoms with Gasteiger partial charge in [-0.05, 0) is 201 Å². The van der Waals surface area contributed by atoms with Gasteiger partial charge in [-0.3, -0.25) is 34.3 Å². The predicted molar refractivity (Wildman–Crippen MR) is 533 cm³/mol. The molecule has 0 fully saturated rings. The van der Waals surface area contributed by atoms with E-state index in [0.717, 1.165) is 45.1 Å². The van der Waals surface area contributed by atoms with E-state index >= 15 is 0 Å². The molecule has 0 unspecified atom stereocenters. The molecule has 0 atom stereocenters. The zero-order valence-electron chi connectivity index (χ0n) is 86.5. The molecular formula is C105H165FN16O2S2. The highest BCUT2D eigenvalue weighted by molar-refractivity contribution is 7.09. The van der Waals surface area contributed by atoms with Crippen molar-refractivity contribution in [2.45, 2.75) is 376 Å². The van der Waals surface area contributed by atoms with Crippen molar-refractivity contribution in [2.75, 3.05) is 0 Å². The van der Waals surface area contributed by atoms with Crippen LogP contribution in [0.4, 0.5) is 4.39 Å². The Balaban J connectivity index is 0.000000688. The van der Waals surface area contributed by atoms with Crippen molar-refractivity contribution in [1.29, 1.82) is 0 Å². The molecule has 0 saturated carbocycles. The van der Waals surface area contributed by atoms with Gasteiger partial charge in [0.05, 0.1) is 51.0 Å². The topological polar surface area (TPSA) is 205 Å². The van der Waals surface area contributed by atoms with Gasteiger partial charge in [0.25, 0.3) is 0 Å². The maximum absolute atomic E-state index is 12.3. The van der Waals surface area contributed by atoms with Crippen molar-refractivity contribution in [3.05, 3.63) is 271 Å². The standard InChI is InChI=1S/C12H19NO.C11H17N.3C10H15N.C8H10FN.C8H14N2.C8H13NO.C8H13NS.C7H12N2.C7H11NS.C6H11N3/c1-9(2)14-11-7-6-10(8-13-11)12(3,4)5;1-8-6-7-10(11(3,4)5)12-9(8)2;3*1-8-5-6-9(7-11-8)10(2,3)4;1-6(2)8-4-3-7(9)5-10-8;1-8(2,3)7-5-6-9-10(7)4;2*1-6-9-7(5-10-6)8(2,3)4;1-7(2,3)9-6-4-5-8-9;1-7(2,3)6-8-4-5-9-6;1-6(2,3)9-5-4-7-8-9/h6-9H,1-5H3;6-7H,1-5H3;3*5-7H,1-4H3;3-6H,1-2H3;5-6H,1-4H3;2*5H,1-4H3;4-6H,1-3H3;2*4-5H,1-3H3. The Morgan fingerprint density at radius 2 is 0.865 bits per heavy atom. The second-order valence-electron chi connectivity index (χ2n) is 43.3. The lowest BCUT2D eigenvalue weighted by Gasteiger charge is -2.18. The van der Waals surface area contributed by atoms with E-state index in [1.165, 1.54) is 62.2 Å². The van der Waals surface area contributed by atoms with Crippen LogP contribution < -0.4 is 4.74 Å². The zero-order chi connectivity index (χ0) is 97.2. The van der Waals surface area contributed by atoms with E-state index in [2.05, 4.69) is 374 Å². The van der Waals surface area contributed by atoms with Gasteiger partial charge in [-0.2, -0.15) is 10.2 Å². The first-order chi connectivity index (χ1) is 57.3. The Bertz CT molecular complexity index is 4580. The lowest BCUT2D eigenvalue weighted by atomic mass is 9.88. The van der Waals surface area contributed by atoms with Crippen LogP contribution >= 0.6 is 22.7 Å². The summed E-state index contributed by atoms with van der Waals surface area (Å²) in [7, 11) is 1.97. The van der Waals surface area contributed by atoms with E-state index in [0.29, 0.717) is 11.8 Å². The smallest absolute Gasteiger partial charge is 0.213 e. The molecule has 12 aromatic rings. The van der Waals surface area contributed by atoms with Crippen molar-refractivity contribution in [3.63, 3.8) is 0 Å². The summed E-state index contributed by atoms with van der Waals surface area (Å²) in [6.07, 6.45) is 21.9. The maximum Gasteiger partial charge on any atom is 0.213 e. The Kier molecular flexibility index (Phi) is 45.9. The lowest BCUT2D eigenvalue weighted by molar-refractivity contribution is 0.232. The minimum absolute atomic E-state index is 0.0660. The molecule has 0 aliphatic heterocycles. The fourth-order valence-corrected chi connectivity index (χ4v) is 11.6. The van der Waals surface area contributed by atoms with Crippen LogP contribution in [0.1, 0.15) is 357 Å². The van der Waals surface area contributed by atoms with Gasteiger partial charge in [-0.25, -0.2) is 29.0 Å². The first kappa shape index (κ1) is 115. The highest BCUT2D eigenvalue weighted by atomic mass is 32.1. The zero-order valence-corrected chi connectivity index (χ0v) is 88.1.